The summed E-state index contributed by atoms with van der Waals surface area (Å²) in [6, 6.07) is 0.0750. The van der Waals surface area contributed by atoms with Gasteiger partial charge >= 0.3 is 5.97 Å². The Hall–Kier alpha value is -0.570. The van der Waals surface area contributed by atoms with Crippen molar-refractivity contribution in [3.8, 4) is 0 Å². The zero-order valence-corrected chi connectivity index (χ0v) is 8.82. The summed E-state index contributed by atoms with van der Waals surface area (Å²) in [5, 5.41) is 8.99. The maximum absolute atomic E-state index is 10.9. The number of rotatable bonds is 1. The molecule has 0 aliphatic carbocycles. The number of hydrogen-bond donors (Lipinski definition) is 1. The highest BCUT2D eigenvalue weighted by molar-refractivity contribution is 5.73. The van der Waals surface area contributed by atoms with Crippen molar-refractivity contribution in [2.24, 2.45) is 11.8 Å². The van der Waals surface area contributed by atoms with Crippen molar-refractivity contribution in [1.29, 1.82) is 0 Å². The van der Waals surface area contributed by atoms with Crippen LogP contribution in [0.3, 0.4) is 0 Å². The van der Waals surface area contributed by atoms with E-state index in [-0.39, 0.29) is 6.04 Å². The molecule has 3 nitrogen and oxygen atoms in total. The minimum absolute atomic E-state index is 0.291. The van der Waals surface area contributed by atoms with Crippen LogP contribution in [0, 0.1) is 11.8 Å². The molecule has 0 aromatic rings. The summed E-state index contributed by atoms with van der Waals surface area (Å²) in [7, 11) is 1.91. The molecule has 1 N–H and O–H groups in total. The number of likely N-dealkylation sites (N-methyl/N-ethyl adjacent to an activating group) is 1. The summed E-state index contributed by atoms with van der Waals surface area (Å²) in [5.41, 5.74) is 0. The first-order valence-corrected chi connectivity index (χ1v) is 4.90. The zero-order chi connectivity index (χ0) is 10.2. The topological polar surface area (TPSA) is 40.5 Å². The molecule has 1 heterocycles. The van der Waals surface area contributed by atoms with E-state index in [1.54, 1.807) is 0 Å². The molecular weight excluding hydrogens is 166 g/mol. The Kier molecular flexibility index (Phi) is 2.96. The van der Waals surface area contributed by atoms with Crippen LogP contribution in [0.5, 0.6) is 0 Å². The molecule has 4 unspecified atom stereocenters. The van der Waals surface area contributed by atoms with Crippen molar-refractivity contribution in [2.75, 3.05) is 7.05 Å². The third-order valence-electron chi connectivity index (χ3n) is 3.67. The molecule has 1 aliphatic heterocycles. The minimum Gasteiger partial charge on any atom is -0.480 e. The monoisotopic (exact) mass is 185 g/mol. The van der Waals surface area contributed by atoms with Crippen molar-refractivity contribution >= 4 is 5.97 Å². The lowest BCUT2D eigenvalue weighted by Gasteiger charge is -2.43. The fourth-order valence-corrected chi connectivity index (χ4v) is 2.14. The highest BCUT2D eigenvalue weighted by Gasteiger charge is 2.37. The third kappa shape index (κ3) is 1.85. The van der Waals surface area contributed by atoms with Gasteiger partial charge in [-0.3, -0.25) is 9.69 Å². The van der Waals surface area contributed by atoms with Crippen LogP contribution in [0.25, 0.3) is 0 Å². The Balaban J connectivity index is 2.76. The standard InChI is InChI=1S/C10H19NO2/c1-6-5-9(10(12)13)11(4)8(3)7(6)2/h6-9H,5H2,1-4H3,(H,12,13). The van der Waals surface area contributed by atoms with Gasteiger partial charge < -0.3 is 5.11 Å². The molecule has 0 bridgehead atoms. The minimum atomic E-state index is -0.687. The van der Waals surface area contributed by atoms with Gasteiger partial charge in [-0.25, -0.2) is 0 Å². The quantitative estimate of drug-likeness (QED) is 0.672. The second-order valence-corrected chi connectivity index (χ2v) is 4.33. The van der Waals surface area contributed by atoms with Gasteiger partial charge in [0.15, 0.2) is 0 Å². The van der Waals surface area contributed by atoms with E-state index in [1.807, 2.05) is 11.9 Å². The zero-order valence-electron chi connectivity index (χ0n) is 8.82. The number of aliphatic carboxylic acids is 1. The van der Waals surface area contributed by atoms with Gasteiger partial charge in [-0.1, -0.05) is 13.8 Å². The van der Waals surface area contributed by atoms with E-state index in [4.69, 9.17) is 5.11 Å². The van der Waals surface area contributed by atoms with Gasteiger partial charge in [0.1, 0.15) is 6.04 Å². The molecule has 1 saturated heterocycles. The molecule has 1 fully saturated rings. The molecular formula is C10H19NO2. The molecule has 76 valence electrons. The van der Waals surface area contributed by atoms with Gasteiger partial charge in [0.25, 0.3) is 0 Å². The normalized spacial score (nSPS) is 41.8. The molecule has 0 aromatic carbocycles. The molecule has 0 spiro atoms. The number of carboxylic acid groups (broad SMARTS) is 1. The predicted octanol–water partition coefficient (Wildman–Crippen LogP) is 1.44. The molecule has 1 rings (SSSR count). The van der Waals surface area contributed by atoms with Crippen LogP contribution in [0.4, 0.5) is 0 Å². The van der Waals surface area contributed by atoms with E-state index in [0.29, 0.717) is 17.9 Å². The Morgan fingerprint density at radius 1 is 1.38 bits per heavy atom. The van der Waals surface area contributed by atoms with Gasteiger partial charge in [0.05, 0.1) is 0 Å². The Morgan fingerprint density at radius 2 is 1.92 bits per heavy atom. The first-order chi connectivity index (χ1) is 5.95. The van der Waals surface area contributed by atoms with E-state index in [2.05, 4.69) is 20.8 Å². The van der Waals surface area contributed by atoms with Crippen LogP contribution in [0.2, 0.25) is 0 Å². The van der Waals surface area contributed by atoms with E-state index in [9.17, 15) is 4.79 Å². The molecule has 0 saturated carbocycles. The predicted molar refractivity (Wildman–Crippen MR) is 51.6 cm³/mol. The first-order valence-electron chi connectivity index (χ1n) is 4.90. The van der Waals surface area contributed by atoms with E-state index >= 15 is 0 Å². The van der Waals surface area contributed by atoms with Crippen molar-refractivity contribution in [3.63, 3.8) is 0 Å². The summed E-state index contributed by atoms with van der Waals surface area (Å²) in [6.07, 6.45) is 0.775. The second-order valence-electron chi connectivity index (χ2n) is 4.33. The average molecular weight is 185 g/mol. The Morgan fingerprint density at radius 3 is 2.38 bits per heavy atom. The van der Waals surface area contributed by atoms with Crippen LogP contribution < -0.4 is 0 Å². The Labute approximate surface area is 79.7 Å². The van der Waals surface area contributed by atoms with Crippen LogP contribution in [0.1, 0.15) is 27.2 Å². The van der Waals surface area contributed by atoms with Gasteiger partial charge in [-0.05, 0) is 32.2 Å². The maximum Gasteiger partial charge on any atom is 0.320 e. The van der Waals surface area contributed by atoms with Crippen LogP contribution >= 0.6 is 0 Å². The molecule has 0 amide bonds. The average Bonchev–Trinajstić information content (AvgIpc) is 2.07. The molecule has 1 aliphatic rings. The van der Waals surface area contributed by atoms with Gasteiger partial charge in [-0.15, -0.1) is 0 Å². The number of carbonyl (C=O) groups is 1. The van der Waals surface area contributed by atoms with Crippen molar-refractivity contribution < 1.29 is 9.90 Å². The second kappa shape index (κ2) is 3.66. The lowest BCUT2D eigenvalue weighted by molar-refractivity contribution is -0.147. The molecule has 0 aromatic heterocycles. The summed E-state index contributed by atoms with van der Waals surface area (Å²) in [6.45, 7) is 6.45. The summed E-state index contributed by atoms with van der Waals surface area (Å²) in [4.78, 5) is 12.9. The highest BCUT2D eigenvalue weighted by Crippen LogP contribution is 2.31. The van der Waals surface area contributed by atoms with Crippen LogP contribution in [-0.4, -0.2) is 35.1 Å². The van der Waals surface area contributed by atoms with E-state index in [0.717, 1.165) is 6.42 Å². The Bertz CT molecular complexity index is 205. The van der Waals surface area contributed by atoms with Gasteiger partial charge in [0.2, 0.25) is 0 Å². The molecule has 0 radical (unpaired) electrons. The number of carboxylic acids is 1. The summed E-state index contributed by atoms with van der Waals surface area (Å²) in [5.74, 6) is 0.404. The van der Waals surface area contributed by atoms with Gasteiger partial charge in [0, 0.05) is 6.04 Å². The number of likely N-dealkylation sites (tertiary alicyclic amines) is 1. The summed E-state index contributed by atoms with van der Waals surface area (Å²) < 4.78 is 0. The molecule has 4 atom stereocenters. The van der Waals surface area contributed by atoms with E-state index < -0.39 is 5.97 Å². The largest absolute Gasteiger partial charge is 0.480 e. The van der Waals surface area contributed by atoms with Crippen LogP contribution in [-0.2, 0) is 4.79 Å². The van der Waals surface area contributed by atoms with Gasteiger partial charge in [-0.2, -0.15) is 0 Å². The lowest BCUT2D eigenvalue weighted by atomic mass is 9.79. The number of piperidine rings is 1. The smallest absolute Gasteiger partial charge is 0.320 e. The summed E-state index contributed by atoms with van der Waals surface area (Å²) >= 11 is 0. The SMILES string of the molecule is CC1CC(C(=O)O)N(C)C(C)C1C. The highest BCUT2D eigenvalue weighted by atomic mass is 16.4. The maximum atomic E-state index is 10.9. The molecule has 13 heavy (non-hydrogen) atoms. The third-order valence-corrected chi connectivity index (χ3v) is 3.67. The fraction of sp³-hybridized carbons (Fsp3) is 0.900. The first kappa shape index (κ1) is 10.5. The fourth-order valence-electron chi connectivity index (χ4n) is 2.14. The van der Waals surface area contributed by atoms with Crippen molar-refractivity contribution in [1.82, 2.24) is 4.90 Å². The van der Waals surface area contributed by atoms with Crippen molar-refractivity contribution in [3.05, 3.63) is 0 Å². The number of hydrogen-bond acceptors (Lipinski definition) is 2. The van der Waals surface area contributed by atoms with E-state index in [1.165, 1.54) is 0 Å². The van der Waals surface area contributed by atoms with Crippen molar-refractivity contribution in [2.45, 2.75) is 39.3 Å². The number of nitrogens with zero attached hydrogens (tertiary/aromatic N) is 1. The molecule has 3 heteroatoms. The van der Waals surface area contributed by atoms with Crippen LogP contribution in [0.15, 0.2) is 0 Å². The lowest BCUT2D eigenvalue weighted by Crippen LogP contribution is -2.52.